The zero-order valence-corrected chi connectivity index (χ0v) is 12.5. The molecule has 2 N–H and O–H groups in total. The lowest BCUT2D eigenvalue weighted by atomic mass is 10.1. The third kappa shape index (κ3) is 6.21. The van der Waals surface area contributed by atoms with Gasteiger partial charge in [-0.2, -0.15) is 0 Å². The second-order valence-electron chi connectivity index (χ2n) is 4.73. The van der Waals surface area contributed by atoms with Gasteiger partial charge in [-0.3, -0.25) is 0 Å². The molecule has 1 rings (SSSR count). The van der Waals surface area contributed by atoms with Crippen LogP contribution in [0, 0.1) is 0 Å². The van der Waals surface area contributed by atoms with Crippen LogP contribution in [-0.4, -0.2) is 61.3 Å². The van der Waals surface area contributed by atoms with Gasteiger partial charge in [-0.25, -0.2) is 9.59 Å². The van der Waals surface area contributed by atoms with E-state index in [1.54, 1.807) is 0 Å². The van der Waals surface area contributed by atoms with E-state index in [1.807, 2.05) is 0 Å². The van der Waals surface area contributed by atoms with Gasteiger partial charge in [0.25, 0.3) is 0 Å². The molecule has 0 aliphatic carbocycles. The summed E-state index contributed by atoms with van der Waals surface area (Å²) in [6, 6.07) is 5.69. The van der Waals surface area contributed by atoms with E-state index in [4.69, 9.17) is 19.3 Å². The van der Waals surface area contributed by atoms with Crippen molar-refractivity contribution in [3.8, 4) is 0 Å². The van der Waals surface area contributed by atoms with Crippen LogP contribution in [-0.2, 0) is 14.2 Å². The first-order valence-electron chi connectivity index (χ1n) is 6.73. The van der Waals surface area contributed by atoms with E-state index in [1.165, 1.54) is 38.3 Å². The van der Waals surface area contributed by atoms with E-state index in [0.717, 1.165) is 0 Å². The lowest BCUT2D eigenvalue weighted by Gasteiger charge is -2.10. The zero-order chi connectivity index (χ0) is 16.5. The highest BCUT2D eigenvalue weighted by Gasteiger charge is 2.13. The van der Waals surface area contributed by atoms with Gasteiger partial charge in [-0.15, -0.1) is 0 Å². The summed E-state index contributed by atoms with van der Waals surface area (Å²) in [6.07, 6.45) is -1.62. The number of carbonyl (C=O) groups is 2. The second kappa shape index (κ2) is 9.14. The van der Waals surface area contributed by atoms with Crippen LogP contribution in [0.1, 0.15) is 27.6 Å². The minimum absolute atomic E-state index is 0.0708. The third-order valence-corrected chi connectivity index (χ3v) is 2.58. The smallest absolute Gasteiger partial charge is 0.338 e. The van der Waals surface area contributed by atoms with Crippen molar-refractivity contribution in [2.24, 2.45) is 0 Å². The molecule has 0 saturated carbocycles. The molecule has 1 aromatic carbocycles. The Morgan fingerprint density at radius 1 is 0.955 bits per heavy atom. The van der Waals surface area contributed by atoms with Crippen molar-refractivity contribution < 1.29 is 34.0 Å². The number of methoxy groups -OCH3 is 1. The van der Waals surface area contributed by atoms with Gasteiger partial charge in [0.1, 0.15) is 19.3 Å². The number of rotatable bonds is 8. The van der Waals surface area contributed by atoms with E-state index >= 15 is 0 Å². The number of hydrogen-bond donors (Lipinski definition) is 2. The summed E-state index contributed by atoms with van der Waals surface area (Å²) in [7, 11) is 1.43. The number of benzene rings is 1. The predicted octanol–water partition coefficient (Wildman–Crippen LogP) is 0.388. The summed E-state index contributed by atoms with van der Waals surface area (Å²) >= 11 is 0. The molecule has 0 bridgehead atoms. The largest absolute Gasteiger partial charge is 0.459 e. The maximum Gasteiger partial charge on any atom is 0.338 e. The lowest BCUT2D eigenvalue weighted by molar-refractivity contribution is 0.000128. The monoisotopic (exact) mass is 312 g/mol. The molecule has 1 aromatic rings. The fourth-order valence-electron chi connectivity index (χ4n) is 1.52. The second-order valence-corrected chi connectivity index (χ2v) is 4.73. The first-order chi connectivity index (χ1) is 10.4. The van der Waals surface area contributed by atoms with E-state index in [0.29, 0.717) is 0 Å². The van der Waals surface area contributed by atoms with Gasteiger partial charge in [-0.1, -0.05) is 0 Å². The molecule has 0 amide bonds. The molecule has 22 heavy (non-hydrogen) atoms. The molecule has 7 nitrogen and oxygen atoms in total. The number of aliphatic hydroxyl groups is 2. The molecule has 0 spiro atoms. The van der Waals surface area contributed by atoms with E-state index < -0.39 is 24.1 Å². The van der Waals surface area contributed by atoms with Crippen molar-refractivity contribution in [3.63, 3.8) is 0 Å². The van der Waals surface area contributed by atoms with Crippen LogP contribution in [0.25, 0.3) is 0 Å². The van der Waals surface area contributed by atoms with Crippen LogP contribution < -0.4 is 0 Å². The zero-order valence-electron chi connectivity index (χ0n) is 12.5. The van der Waals surface area contributed by atoms with Gasteiger partial charge in [-0.05, 0) is 31.2 Å². The quantitative estimate of drug-likeness (QED) is 0.669. The standard InChI is InChI=1S/C15H20O7/c1-10(16)7-21-14(18)11-3-5-12(6-4-11)15(19)22-9-13(17)8-20-2/h3-6,10,13,16-17H,7-9H2,1-2H3. The molecule has 0 heterocycles. The summed E-state index contributed by atoms with van der Waals surface area (Å²) in [5.41, 5.74) is 0.508. The number of hydrogen-bond acceptors (Lipinski definition) is 7. The van der Waals surface area contributed by atoms with Crippen molar-refractivity contribution >= 4 is 11.9 Å². The Labute approximate surface area is 128 Å². The Morgan fingerprint density at radius 2 is 1.41 bits per heavy atom. The van der Waals surface area contributed by atoms with Crippen molar-refractivity contribution in [2.75, 3.05) is 26.9 Å². The van der Waals surface area contributed by atoms with Crippen LogP contribution >= 0.6 is 0 Å². The molecular formula is C15H20O7. The van der Waals surface area contributed by atoms with Crippen molar-refractivity contribution in [3.05, 3.63) is 35.4 Å². The van der Waals surface area contributed by atoms with Crippen molar-refractivity contribution in [1.29, 1.82) is 0 Å². The summed E-state index contributed by atoms with van der Waals surface area (Å²) in [4.78, 5) is 23.3. The minimum Gasteiger partial charge on any atom is -0.459 e. The molecule has 0 aliphatic heterocycles. The summed E-state index contributed by atoms with van der Waals surface area (Å²) < 4.78 is 14.5. The first-order valence-corrected chi connectivity index (χ1v) is 6.73. The van der Waals surface area contributed by atoms with E-state index in [-0.39, 0.29) is 30.9 Å². The number of ether oxygens (including phenoxy) is 3. The van der Waals surface area contributed by atoms with E-state index in [2.05, 4.69) is 0 Å². The molecule has 2 atom stereocenters. The van der Waals surface area contributed by atoms with Crippen LogP contribution in [0.5, 0.6) is 0 Å². The average Bonchev–Trinajstić information content (AvgIpc) is 2.50. The summed E-state index contributed by atoms with van der Waals surface area (Å²) in [5.74, 6) is -1.20. The molecule has 0 saturated heterocycles. The van der Waals surface area contributed by atoms with Crippen LogP contribution in [0.2, 0.25) is 0 Å². The topological polar surface area (TPSA) is 102 Å². The first kappa shape index (κ1) is 18.1. The lowest BCUT2D eigenvalue weighted by Crippen LogP contribution is -2.23. The Hall–Kier alpha value is -1.96. The van der Waals surface area contributed by atoms with Crippen LogP contribution in [0.3, 0.4) is 0 Å². The van der Waals surface area contributed by atoms with Gasteiger partial charge in [0.2, 0.25) is 0 Å². The van der Waals surface area contributed by atoms with Gasteiger partial charge in [0.15, 0.2) is 0 Å². The summed E-state index contributed by atoms with van der Waals surface area (Å²) in [5, 5.41) is 18.4. The highest BCUT2D eigenvalue weighted by Crippen LogP contribution is 2.08. The molecular weight excluding hydrogens is 292 g/mol. The molecule has 0 radical (unpaired) electrons. The molecule has 0 aromatic heterocycles. The molecule has 0 aliphatic rings. The third-order valence-electron chi connectivity index (χ3n) is 2.58. The number of esters is 2. The Bertz CT molecular complexity index is 481. The SMILES string of the molecule is COCC(O)COC(=O)c1ccc(C(=O)OCC(C)O)cc1. The Balaban J connectivity index is 2.53. The molecule has 122 valence electrons. The normalized spacial score (nSPS) is 13.3. The van der Waals surface area contributed by atoms with Gasteiger partial charge in [0.05, 0.1) is 23.8 Å². The number of carbonyl (C=O) groups excluding carboxylic acids is 2. The van der Waals surface area contributed by atoms with E-state index in [9.17, 15) is 14.7 Å². The molecule has 0 fully saturated rings. The van der Waals surface area contributed by atoms with Crippen LogP contribution in [0.4, 0.5) is 0 Å². The van der Waals surface area contributed by atoms with Crippen molar-refractivity contribution in [2.45, 2.75) is 19.1 Å². The highest BCUT2D eigenvalue weighted by atomic mass is 16.5. The van der Waals surface area contributed by atoms with Gasteiger partial charge >= 0.3 is 11.9 Å². The van der Waals surface area contributed by atoms with Gasteiger partial charge < -0.3 is 24.4 Å². The average molecular weight is 312 g/mol. The summed E-state index contributed by atoms with van der Waals surface area (Å²) in [6.45, 7) is 1.30. The fourth-order valence-corrected chi connectivity index (χ4v) is 1.52. The fraction of sp³-hybridized carbons (Fsp3) is 0.467. The van der Waals surface area contributed by atoms with Crippen LogP contribution in [0.15, 0.2) is 24.3 Å². The Morgan fingerprint density at radius 3 is 1.82 bits per heavy atom. The van der Waals surface area contributed by atoms with Crippen molar-refractivity contribution in [1.82, 2.24) is 0 Å². The number of aliphatic hydroxyl groups excluding tert-OH is 2. The predicted molar refractivity (Wildman–Crippen MR) is 76.6 cm³/mol. The minimum atomic E-state index is -0.885. The van der Waals surface area contributed by atoms with Gasteiger partial charge in [0, 0.05) is 7.11 Å². The molecule has 2 unspecified atom stereocenters. The Kier molecular flexibility index (Phi) is 7.51. The maximum atomic E-state index is 11.7. The maximum absolute atomic E-state index is 11.7. The highest BCUT2D eigenvalue weighted by molar-refractivity contribution is 5.93. The molecule has 7 heteroatoms.